The third-order valence-electron chi connectivity index (χ3n) is 3.72. The third-order valence-corrected chi connectivity index (χ3v) is 3.72. The van der Waals surface area contributed by atoms with E-state index in [1.165, 1.54) is 40.2 Å². The Balaban J connectivity index is 2.27. The minimum Gasteiger partial charge on any atom is -0.350 e. The molecule has 2 aromatic rings. The molecule has 1 aromatic heterocycles. The highest BCUT2D eigenvalue weighted by atomic mass is 16.6. The normalized spacial score (nSPS) is 11.1. The van der Waals surface area contributed by atoms with Crippen molar-refractivity contribution in [2.45, 2.75) is 33.2 Å². The van der Waals surface area contributed by atoms with Gasteiger partial charge in [-0.1, -0.05) is 0 Å². The second kappa shape index (κ2) is 7.98. The molecule has 0 saturated heterocycles. The first kappa shape index (κ1) is 20.1. The number of rotatable bonds is 6. The van der Waals surface area contributed by atoms with E-state index < -0.39 is 16.4 Å². The van der Waals surface area contributed by atoms with Gasteiger partial charge in [-0.15, -0.1) is 0 Å². The van der Waals surface area contributed by atoms with Gasteiger partial charge in [-0.3, -0.25) is 19.7 Å². The van der Waals surface area contributed by atoms with Gasteiger partial charge in [0.15, 0.2) is 0 Å². The molecular formula is C18H23N5O4. The minimum absolute atomic E-state index is 0.121. The summed E-state index contributed by atoms with van der Waals surface area (Å²) in [7, 11) is 0. The number of nitro groups is 1. The summed E-state index contributed by atoms with van der Waals surface area (Å²) in [6.45, 7) is 7.47. The zero-order chi connectivity index (χ0) is 20.2. The fraction of sp³-hybridized carbons (Fsp3) is 0.389. The van der Waals surface area contributed by atoms with Crippen LogP contribution in [-0.2, 0) is 4.79 Å². The Morgan fingerprint density at radius 3 is 2.56 bits per heavy atom. The lowest BCUT2D eigenvalue weighted by molar-refractivity contribution is -0.384. The van der Waals surface area contributed by atoms with Crippen molar-refractivity contribution >= 4 is 17.5 Å². The second-order valence-corrected chi connectivity index (χ2v) is 7.05. The van der Waals surface area contributed by atoms with Crippen LogP contribution >= 0.6 is 0 Å². The van der Waals surface area contributed by atoms with Gasteiger partial charge in [0.05, 0.1) is 17.8 Å². The number of amides is 2. The summed E-state index contributed by atoms with van der Waals surface area (Å²) in [5, 5.41) is 14.2. The fourth-order valence-corrected chi connectivity index (χ4v) is 2.56. The molecule has 0 aliphatic heterocycles. The van der Waals surface area contributed by atoms with Crippen molar-refractivity contribution in [3.05, 3.63) is 52.6 Å². The molecule has 1 N–H and O–H groups in total. The molecule has 0 fully saturated rings. The third kappa shape index (κ3) is 5.13. The lowest BCUT2D eigenvalue weighted by atomic mass is 10.1. The summed E-state index contributed by atoms with van der Waals surface area (Å²) >= 11 is 0. The Hall–Kier alpha value is -3.23. The molecule has 27 heavy (non-hydrogen) atoms. The van der Waals surface area contributed by atoms with Crippen LogP contribution in [0.3, 0.4) is 0 Å². The Morgan fingerprint density at radius 1 is 1.33 bits per heavy atom. The van der Waals surface area contributed by atoms with E-state index in [9.17, 15) is 19.7 Å². The first-order valence-corrected chi connectivity index (χ1v) is 8.49. The number of benzene rings is 1. The molecule has 0 saturated carbocycles. The van der Waals surface area contributed by atoms with Crippen molar-refractivity contribution in [3.63, 3.8) is 0 Å². The molecule has 0 spiro atoms. The Kier molecular flexibility index (Phi) is 5.94. The zero-order valence-corrected chi connectivity index (χ0v) is 15.8. The van der Waals surface area contributed by atoms with Crippen LogP contribution in [-0.4, -0.2) is 49.8 Å². The van der Waals surface area contributed by atoms with Crippen molar-refractivity contribution in [3.8, 4) is 5.69 Å². The van der Waals surface area contributed by atoms with Gasteiger partial charge in [0.2, 0.25) is 5.91 Å². The van der Waals surface area contributed by atoms with E-state index >= 15 is 0 Å². The molecule has 9 nitrogen and oxygen atoms in total. The fourth-order valence-electron chi connectivity index (χ4n) is 2.56. The highest BCUT2D eigenvalue weighted by Crippen LogP contribution is 2.24. The number of likely N-dealkylation sites (N-methyl/N-ethyl adjacent to an activating group) is 1. The molecule has 9 heteroatoms. The molecule has 0 radical (unpaired) electrons. The summed E-state index contributed by atoms with van der Waals surface area (Å²) in [6, 6.07) is 4.23. The Labute approximate surface area is 157 Å². The van der Waals surface area contributed by atoms with Crippen LogP contribution in [0.5, 0.6) is 0 Å². The predicted molar refractivity (Wildman–Crippen MR) is 99.7 cm³/mol. The van der Waals surface area contributed by atoms with Gasteiger partial charge >= 0.3 is 0 Å². The molecule has 0 aliphatic rings. The van der Waals surface area contributed by atoms with Crippen LogP contribution < -0.4 is 5.32 Å². The van der Waals surface area contributed by atoms with E-state index in [0.717, 1.165) is 0 Å². The second-order valence-electron chi connectivity index (χ2n) is 7.05. The van der Waals surface area contributed by atoms with Crippen molar-refractivity contribution in [1.82, 2.24) is 19.8 Å². The lowest BCUT2D eigenvalue weighted by Gasteiger charge is -2.25. The topological polar surface area (TPSA) is 110 Å². The van der Waals surface area contributed by atoms with Gasteiger partial charge in [0, 0.05) is 36.1 Å². The van der Waals surface area contributed by atoms with Crippen LogP contribution in [0.4, 0.5) is 5.69 Å². The van der Waals surface area contributed by atoms with E-state index in [-0.39, 0.29) is 23.7 Å². The highest BCUT2D eigenvalue weighted by molar-refractivity contribution is 5.97. The molecular weight excluding hydrogens is 350 g/mol. The van der Waals surface area contributed by atoms with Crippen LogP contribution in [0, 0.1) is 10.1 Å². The van der Waals surface area contributed by atoms with E-state index in [1.807, 2.05) is 20.8 Å². The van der Waals surface area contributed by atoms with Gasteiger partial charge in [-0.05, 0) is 39.8 Å². The molecule has 2 amide bonds. The van der Waals surface area contributed by atoms with Crippen molar-refractivity contribution in [2.24, 2.45) is 0 Å². The zero-order valence-electron chi connectivity index (χ0n) is 15.8. The van der Waals surface area contributed by atoms with Crippen LogP contribution in [0.15, 0.2) is 36.9 Å². The maximum absolute atomic E-state index is 12.8. The number of aromatic nitrogens is 2. The largest absolute Gasteiger partial charge is 0.350 e. The van der Waals surface area contributed by atoms with Crippen molar-refractivity contribution < 1.29 is 14.5 Å². The summed E-state index contributed by atoms with van der Waals surface area (Å²) < 4.78 is 1.50. The van der Waals surface area contributed by atoms with Crippen LogP contribution in [0.25, 0.3) is 5.69 Å². The molecule has 144 valence electrons. The maximum atomic E-state index is 12.8. The Morgan fingerprint density at radius 2 is 2.04 bits per heavy atom. The summed E-state index contributed by atoms with van der Waals surface area (Å²) in [6.07, 6.45) is 4.54. The smallest absolute Gasteiger partial charge is 0.294 e. The molecule has 2 rings (SSSR count). The number of nitro benzene ring substituents is 1. The average Bonchev–Trinajstić information content (AvgIpc) is 3.11. The van der Waals surface area contributed by atoms with Gasteiger partial charge in [0.1, 0.15) is 5.69 Å². The predicted octanol–water partition coefficient (Wildman–Crippen LogP) is 2.16. The van der Waals surface area contributed by atoms with Gasteiger partial charge < -0.3 is 14.8 Å². The van der Waals surface area contributed by atoms with Crippen molar-refractivity contribution in [1.29, 1.82) is 0 Å². The molecule has 0 unspecified atom stereocenters. The first-order valence-electron chi connectivity index (χ1n) is 8.49. The minimum atomic E-state index is -0.547. The van der Waals surface area contributed by atoms with Crippen LogP contribution in [0.1, 0.15) is 38.1 Å². The van der Waals surface area contributed by atoms with E-state index in [0.29, 0.717) is 12.2 Å². The van der Waals surface area contributed by atoms with Crippen molar-refractivity contribution in [2.75, 3.05) is 13.1 Å². The molecule has 0 atom stereocenters. The SMILES string of the molecule is CCN(CC(=O)NC(C)(C)C)C(=O)c1ccc(-n2ccnc2)c([N+](=O)[O-])c1. The molecule has 0 bridgehead atoms. The Bertz CT molecular complexity index is 840. The number of nitrogens with zero attached hydrogens (tertiary/aromatic N) is 4. The average molecular weight is 373 g/mol. The number of imidazole rings is 1. The number of carbonyl (C=O) groups excluding carboxylic acids is 2. The maximum Gasteiger partial charge on any atom is 0.294 e. The molecule has 1 heterocycles. The molecule has 0 aliphatic carbocycles. The highest BCUT2D eigenvalue weighted by Gasteiger charge is 2.23. The standard InChI is InChI=1S/C18H23N5O4/c1-5-21(11-16(24)20-18(2,3)4)17(25)13-6-7-14(15(10-13)23(26)27)22-9-8-19-12-22/h6-10,12H,5,11H2,1-4H3,(H,20,24). The van der Waals surface area contributed by atoms with E-state index in [4.69, 9.17) is 0 Å². The summed E-state index contributed by atoms with van der Waals surface area (Å²) in [5.74, 6) is -0.732. The van der Waals surface area contributed by atoms with E-state index in [2.05, 4.69) is 10.3 Å². The monoisotopic (exact) mass is 373 g/mol. The quantitative estimate of drug-likeness (QED) is 0.616. The molecule has 1 aromatic carbocycles. The van der Waals surface area contributed by atoms with E-state index in [1.54, 1.807) is 13.1 Å². The van der Waals surface area contributed by atoms with Gasteiger partial charge in [-0.25, -0.2) is 4.98 Å². The van der Waals surface area contributed by atoms with Crippen LogP contribution in [0.2, 0.25) is 0 Å². The van der Waals surface area contributed by atoms with Gasteiger partial charge in [-0.2, -0.15) is 0 Å². The lowest BCUT2D eigenvalue weighted by Crippen LogP contribution is -2.47. The number of carbonyl (C=O) groups is 2. The summed E-state index contributed by atoms with van der Waals surface area (Å²) in [5.41, 5.74) is -0.169. The number of nitrogens with one attached hydrogen (secondary N) is 1. The summed E-state index contributed by atoms with van der Waals surface area (Å²) in [4.78, 5) is 41.0. The first-order chi connectivity index (χ1) is 12.6. The number of hydrogen-bond donors (Lipinski definition) is 1. The number of hydrogen-bond acceptors (Lipinski definition) is 5. The van der Waals surface area contributed by atoms with Gasteiger partial charge in [0.25, 0.3) is 11.6 Å².